The van der Waals surface area contributed by atoms with Gasteiger partial charge in [0, 0.05) is 28.1 Å². The van der Waals surface area contributed by atoms with Crippen molar-refractivity contribution in [2.24, 2.45) is 0 Å². The van der Waals surface area contributed by atoms with Crippen LogP contribution in [0.1, 0.15) is 5.56 Å². The summed E-state index contributed by atoms with van der Waals surface area (Å²) < 4.78 is 5.97. The van der Waals surface area contributed by atoms with Crippen LogP contribution in [0.25, 0.3) is 66.2 Å². The van der Waals surface area contributed by atoms with Crippen molar-refractivity contribution < 1.29 is 4.42 Å². The summed E-state index contributed by atoms with van der Waals surface area (Å²) in [5.41, 5.74) is 9.89. The zero-order chi connectivity index (χ0) is 24.1. The molecule has 0 amide bonds. The van der Waals surface area contributed by atoms with Gasteiger partial charge in [0.15, 0.2) is 0 Å². The van der Waals surface area contributed by atoms with E-state index in [1.165, 1.54) is 33.0 Å². The fourth-order valence-electron chi connectivity index (χ4n) is 4.97. The van der Waals surface area contributed by atoms with Gasteiger partial charge >= 0.3 is 0 Å². The maximum Gasteiger partial charge on any atom is 0.135 e. The van der Waals surface area contributed by atoms with Crippen LogP contribution in [-0.2, 0) is 0 Å². The van der Waals surface area contributed by atoms with Crippen molar-refractivity contribution in [1.82, 2.24) is 4.98 Å². The second-order valence-corrected chi connectivity index (χ2v) is 9.38. The molecule has 0 aliphatic heterocycles. The van der Waals surface area contributed by atoms with E-state index in [-0.39, 0.29) is 0 Å². The maximum absolute atomic E-state index is 5.97. The minimum absolute atomic E-state index is 0.901. The molecular formula is C34H23NO. The van der Waals surface area contributed by atoms with Crippen molar-refractivity contribution in [2.45, 2.75) is 6.92 Å². The highest BCUT2D eigenvalue weighted by Gasteiger charge is 2.09. The zero-order valence-electron chi connectivity index (χ0n) is 19.9. The Kier molecular flexibility index (Phi) is 4.71. The molecule has 2 heteroatoms. The van der Waals surface area contributed by atoms with Gasteiger partial charge in [0.25, 0.3) is 0 Å². The number of furan rings is 1. The molecule has 0 aliphatic carbocycles. The molecule has 0 N–H and O–H groups in total. The number of aromatic nitrogens is 1. The van der Waals surface area contributed by atoms with Crippen LogP contribution in [0.4, 0.5) is 0 Å². The molecule has 7 rings (SSSR count). The number of rotatable bonds is 3. The third-order valence-electron chi connectivity index (χ3n) is 6.99. The number of benzene rings is 5. The summed E-state index contributed by atoms with van der Waals surface area (Å²) in [6, 6.07) is 40.7. The molecule has 5 aromatic carbocycles. The number of para-hydroxylation sites is 1. The highest BCUT2D eigenvalue weighted by atomic mass is 16.3. The van der Waals surface area contributed by atoms with E-state index < -0.39 is 0 Å². The van der Waals surface area contributed by atoms with Gasteiger partial charge in [-0.05, 0) is 76.9 Å². The first-order valence-electron chi connectivity index (χ1n) is 12.2. The van der Waals surface area contributed by atoms with Crippen LogP contribution < -0.4 is 0 Å². The summed E-state index contributed by atoms with van der Waals surface area (Å²) in [6.45, 7) is 2.12. The van der Waals surface area contributed by atoms with Gasteiger partial charge in [-0.2, -0.15) is 0 Å². The molecule has 0 saturated carbocycles. The second kappa shape index (κ2) is 8.21. The highest BCUT2D eigenvalue weighted by Crippen LogP contribution is 2.33. The van der Waals surface area contributed by atoms with Crippen molar-refractivity contribution in [3.63, 3.8) is 0 Å². The minimum atomic E-state index is 0.901. The van der Waals surface area contributed by atoms with Crippen LogP contribution in [0.15, 0.2) is 126 Å². The predicted molar refractivity (Wildman–Crippen MR) is 150 cm³/mol. The third-order valence-corrected chi connectivity index (χ3v) is 6.99. The summed E-state index contributed by atoms with van der Waals surface area (Å²) in [7, 11) is 0. The molecule has 7 aromatic rings. The first-order chi connectivity index (χ1) is 17.7. The molecule has 36 heavy (non-hydrogen) atoms. The van der Waals surface area contributed by atoms with E-state index >= 15 is 0 Å². The average molecular weight is 462 g/mol. The number of aryl methyl sites for hydroxylation is 1. The molecule has 0 saturated heterocycles. The molecule has 0 atom stereocenters. The van der Waals surface area contributed by atoms with Crippen LogP contribution in [0, 0.1) is 6.92 Å². The van der Waals surface area contributed by atoms with Gasteiger partial charge in [0.1, 0.15) is 11.2 Å². The minimum Gasteiger partial charge on any atom is -0.456 e. The van der Waals surface area contributed by atoms with Crippen molar-refractivity contribution in [1.29, 1.82) is 0 Å². The monoisotopic (exact) mass is 461 g/mol. The van der Waals surface area contributed by atoms with Crippen LogP contribution in [0.2, 0.25) is 0 Å². The molecular weight excluding hydrogens is 438 g/mol. The summed E-state index contributed by atoms with van der Waals surface area (Å²) in [5, 5.41) is 4.72. The highest BCUT2D eigenvalue weighted by molar-refractivity contribution is 6.06. The Balaban J connectivity index is 1.20. The standard InChI is InChI=1S/C34H23NO/c1-22-6-8-23(9-7-22)24-10-11-26-19-27(13-12-25(26)18-24)29-14-16-32(35-21-29)28-15-17-34-31(20-28)30-4-2-3-5-33(30)36-34/h2-21H,1H3. The van der Waals surface area contributed by atoms with Crippen molar-refractivity contribution in [3.05, 3.63) is 127 Å². The Morgan fingerprint density at radius 2 is 1.14 bits per heavy atom. The largest absolute Gasteiger partial charge is 0.456 e. The van der Waals surface area contributed by atoms with Crippen LogP contribution in [0.3, 0.4) is 0 Å². The van der Waals surface area contributed by atoms with Crippen molar-refractivity contribution in [3.8, 4) is 33.5 Å². The van der Waals surface area contributed by atoms with Crippen LogP contribution in [0.5, 0.6) is 0 Å². The molecule has 0 aliphatic rings. The lowest BCUT2D eigenvalue weighted by Gasteiger charge is -2.08. The van der Waals surface area contributed by atoms with E-state index in [1.807, 2.05) is 30.5 Å². The molecule has 0 unspecified atom stereocenters. The molecule has 0 radical (unpaired) electrons. The SMILES string of the molecule is Cc1ccc(-c2ccc3cc(-c4ccc(-c5ccc6oc7ccccc7c6c5)nc4)ccc3c2)cc1. The predicted octanol–water partition coefficient (Wildman–Crippen LogP) is 9.44. The molecule has 0 fully saturated rings. The fraction of sp³-hybridized carbons (Fsp3) is 0.0294. The summed E-state index contributed by atoms with van der Waals surface area (Å²) >= 11 is 0. The lowest BCUT2D eigenvalue weighted by Crippen LogP contribution is -1.86. The van der Waals surface area contributed by atoms with Crippen molar-refractivity contribution >= 4 is 32.7 Å². The molecule has 0 bridgehead atoms. The Bertz CT molecular complexity index is 1880. The topological polar surface area (TPSA) is 26.0 Å². The molecule has 2 heterocycles. The van der Waals surface area contributed by atoms with E-state index in [0.29, 0.717) is 0 Å². The van der Waals surface area contributed by atoms with Gasteiger partial charge in [-0.3, -0.25) is 4.98 Å². The van der Waals surface area contributed by atoms with Crippen LogP contribution >= 0.6 is 0 Å². The lowest BCUT2D eigenvalue weighted by molar-refractivity contribution is 0.669. The molecule has 2 nitrogen and oxygen atoms in total. The smallest absolute Gasteiger partial charge is 0.135 e. The first-order valence-corrected chi connectivity index (χ1v) is 12.2. The van der Waals surface area contributed by atoms with Gasteiger partial charge in [-0.1, -0.05) is 78.4 Å². The van der Waals surface area contributed by atoms with E-state index in [1.54, 1.807) is 0 Å². The van der Waals surface area contributed by atoms with Gasteiger partial charge in [0.2, 0.25) is 0 Å². The molecule has 2 aromatic heterocycles. The quantitative estimate of drug-likeness (QED) is 0.262. The normalized spacial score (nSPS) is 11.5. The summed E-state index contributed by atoms with van der Waals surface area (Å²) in [4.78, 5) is 4.81. The molecule has 0 spiro atoms. The zero-order valence-corrected chi connectivity index (χ0v) is 19.9. The third kappa shape index (κ3) is 3.55. The van der Waals surface area contributed by atoms with E-state index in [4.69, 9.17) is 9.40 Å². The van der Waals surface area contributed by atoms with Crippen molar-refractivity contribution in [2.75, 3.05) is 0 Å². The van der Waals surface area contributed by atoms with Gasteiger partial charge in [0.05, 0.1) is 5.69 Å². The lowest BCUT2D eigenvalue weighted by atomic mass is 9.97. The number of nitrogens with zero attached hydrogens (tertiary/aromatic N) is 1. The van der Waals surface area contributed by atoms with E-state index in [2.05, 4.69) is 97.9 Å². The Morgan fingerprint density at radius 3 is 1.89 bits per heavy atom. The maximum atomic E-state index is 5.97. The second-order valence-electron chi connectivity index (χ2n) is 9.38. The van der Waals surface area contributed by atoms with E-state index in [0.717, 1.165) is 38.8 Å². The first kappa shape index (κ1) is 20.7. The number of pyridine rings is 1. The number of hydrogen-bond donors (Lipinski definition) is 0. The fourth-order valence-corrected chi connectivity index (χ4v) is 4.97. The summed E-state index contributed by atoms with van der Waals surface area (Å²) in [6.07, 6.45) is 1.97. The van der Waals surface area contributed by atoms with Gasteiger partial charge in [-0.15, -0.1) is 0 Å². The number of fused-ring (bicyclic) bond motifs is 4. The Labute approximate surface area is 209 Å². The van der Waals surface area contributed by atoms with Gasteiger partial charge < -0.3 is 4.42 Å². The average Bonchev–Trinajstić information content (AvgIpc) is 3.31. The summed E-state index contributed by atoms with van der Waals surface area (Å²) in [5.74, 6) is 0. The number of hydrogen-bond acceptors (Lipinski definition) is 2. The van der Waals surface area contributed by atoms with E-state index in [9.17, 15) is 0 Å². The molecule has 170 valence electrons. The van der Waals surface area contributed by atoms with Crippen LogP contribution in [-0.4, -0.2) is 4.98 Å². The Morgan fingerprint density at radius 1 is 0.500 bits per heavy atom. The Hall–Kier alpha value is -4.69. The van der Waals surface area contributed by atoms with Gasteiger partial charge in [-0.25, -0.2) is 0 Å².